The minimum Gasteiger partial charge on any atom is -0.457 e. The summed E-state index contributed by atoms with van der Waals surface area (Å²) in [6, 6.07) is 5.73. The van der Waals surface area contributed by atoms with Crippen LogP contribution >= 0.6 is 0 Å². The number of carbonyl (C=O) groups excluding carboxylic acids is 2. The second kappa shape index (κ2) is 5.66. The average Bonchev–Trinajstić information content (AvgIpc) is 2.52. The highest BCUT2D eigenvalue weighted by atomic mass is 16.5. The fraction of sp³-hybridized carbons (Fsp3) is 0.619. The molecule has 4 aliphatic rings. The summed E-state index contributed by atoms with van der Waals surface area (Å²) < 4.78 is 5.48. The summed E-state index contributed by atoms with van der Waals surface area (Å²) in [6.07, 6.45) is 4.88. The van der Waals surface area contributed by atoms with Crippen molar-refractivity contribution in [2.24, 2.45) is 17.3 Å². The Hall–Kier alpha value is -1.68. The molecule has 0 spiro atoms. The van der Waals surface area contributed by atoms with Crippen molar-refractivity contribution < 1.29 is 19.4 Å². The molecule has 134 valence electrons. The van der Waals surface area contributed by atoms with Gasteiger partial charge in [-0.05, 0) is 75.8 Å². The van der Waals surface area contributed by atoms with Gasteiger partial charge in [0.2, 0.25) is 5.78 Å². The van der Waals surface area contributed by atoms with Crippen LogP contribution in [0.1, 0.15) is 60.0 Å². The third kappa shape index (κ3) is 2.91. The number of aryl methyl sites for hydroxylation is 2. The minimum atomic E-state index is -0.694. The number of ketones is 1. The molecule has 4 atom stereocenters. The smallest absolute Gasteiger partial charge is 0.312 e. The number of hydrogen-bond acceptors (Lipinski definition) is 4. The van der Waals surface area contributed by atoms with E-state index in [2.05, 4.69) is 0 Å². The number of aliphatic hydroxyl groups is 1. The Bertz CT molecular complexity index is 721. The molecule has 2 unspecified atom stereocenters. The topological polar surface area (TPSA) is 63.6 Å². The first-order valence-electron chi connectivity index (χ1n) is 9.29. The molecule has 4 saturated carbocycles. The van der Waals surface area contributed by atoms with Gasteiger partial charge in [-0.15, -0.1) is 0 Å². The Morgan fingerprint density at radius 1 is 1.16 bits per heavy atom. The molecule has 5 rings (SSSR count). The van der Waals surface area contributed by atoms with E-state index in [4.69, 9.17) is 4.74 Å². The van der Waals surface area contributed by atoms with Crippen LogP contribution in [0, 0.1) is 31.1 Å². The van der Waals surface area contributed by atoms with Crippen molar-refractivity contribution in [3.63, 3.8) is 0 Å². The third-order valence-corrected chi connectivity index (χ3v) is 6.49. The van der Waals surface area contributed by atoms with E-state index in [-0.39, 0.29) is 18.4 Å². The summed E-state index contributed by atoms with van der Waals surface area (Å²) in [5.41, 5.74) is 1.28. The molecule has 0 aliphatic heterocycles. The van der Waals surface area contributed by atoms with Gasteiger partial charge in [-0.3, -0.25) is 9.59 Å². The lowest BCUT2D eigenvalue weighted by Gasteiger charge is -2.58. The summed E-state index contributed by atoms with van der Waals surface area (Å²) in [5, 5.41) is 10.8. The van der Waals surface area contributed by atoms with Gasteiger partial charge in [-0.2, -0.15) is 0 Å². The van der Waals surface area contributed by atoms with E-state index in [1.165, 1.54) is 0 Å². The highest BCUT2D eigenvalue weighted by Gasteiger charge is 2.60. The minimum absolute atomic E-state index is 0.155. The van der Waals surface area contributed by atoms with Gasteiger partial charge in [0.1, 0.15) is 0 Å². The zero-order chi connectivity index (χ0) is 17.8. The predicted molar refractivity (Wildman–Crippen MR) is 93.3 cm³/mol. The first kappa shape index (κ1) is 16.8. The lowest BCUT2D eigenvalue weighted by molar-refractivity contribution is -0.195. The highest BCUT2D eigenvalue weighted by Crippen LogP contribution is 2.61. The lowest BCUT2D eigenvalue weighted by atomic mass is 9.48. The number of rotatable bonds is 4. The predicted octanol–water partition coefficient (Wildman–Crippen LogP) is 3.36. The van der Waals surface area contributed by atoms with Gasteiger partial charge in [0.15, 0.2) is 6.61 Å². The van der Waals surface area contributed by atoms with E-state index in [9.17, 15) is 14.7 Å². The molecule has 0 heterocycles. The Balaban J connectivity index is 1.46. The van der Waals surface area contributed by atoms with Crippen molar-refractivity contribution in [3.8, 4) is 0 Å². The van der Waals surface area contributed by atoms with Gasteiger partial charge < -0.3 is 9.84 Å². The molecule has 4 bridgehead atoms. The van der Waals surface area contributed by atoms with E-state index >= 15 is 0 Å². The Kier molecular flexibility index (Phi) is 3.80. The molecule has 1 N–H and O–H groups in total. The molecule has 4 nitrogen and oxygen atoms in total. The molecular weight excluding hydrogens is 316 g/mol. The molecular formula is C21H26O4. The molecule has 1 aromatic carbocycles. The number of esters is 1. The maximum Gasteiger partial charge on any atom is 0.312 e. The van der Waals surface area contributed by atoms with Crippen molar-refractivity contribution in [1.29, 1.82) is 0 Å². The quantitative estimate of drug-likeness (QED) is 0.673. The van der Waals surface area contributed by atoms with E-state index in [1.807, 2.05) is 32.0 Å². The van der Waals surface area contributed by atoms with Crippen LogP contribution in [0.4, 0.5) is 0 Å². The van der Waals surface area contributed by atoms with Crippen molar-refractivity contribution in [2.45, 2.75) is 58.0 Å². The van der Waals surface area contributed by atoms with Crippen LogP contribution in [-0.2, 0) is 9.53 Å². The van der Waals surface area contributed by atoms with Gasteiger partial charge >= 0.3 is 5.97 Å². The number of ether oxygens (including phenoxy) is 1. The van der Waals surface area contributed by atoms with Gasteiger partial charge in [-0.1, -0.05) is 17.7 Å². The number of hydrogen-bond donors (Lipinski definition) is 1. The SMILES string of the molecule is Cc1ccc(C)c(C(=O)COC(=O)C23C[C@@H]4C[C@@H](CC(O)(C4)C2)C3)c1. The van der Waals surface area contributed by atoms with Gasteiger partial charge in [-0.25, -0.2) is 0 Å². The van der Waals surface area contributed by atoms with Gasteiger partial charge in [0, 0.05) is 5.56 Å². The molecule has 25 heavy (non-hydrogen) atoms. The van der Waals surface area contributed by atoms with Crippen molar-refractivity contribution in [3.05, 3.63) is 34.9 Å². The van der Waals surface area contributed by atoms with Crippen LogP contribution in [0.15, 0.2) is 18.2 Å². The highest BCUT2D eigenvalue weighted by molar-refractivity contribution is 5.99. The van der Waals surface area contributed by atoms with Crippen LogP contribution in [0.3, 0.4) is 0 Å². The van der Waals surface area contributed by atoms with Gasteiger partial charge in [0.25, 0.3) is 0 Å². The molecule has 4 heteroatoms. The van der Waals surface area contributed by atoms with E-state index < -0.39 is 11.0 Å². The number of Topliss-reactive ketones (excluding diaryl/α,β-unsaturated/α-hetero) is 1. The molecule has 0 aromatic heterocycles. The van der Waals surface area contributed by atoms with Crippen molar-refractivity contribution in [1.82, 2.24) is 0 Å². The maximum absolute atomic E-state index is 12.8. The van der Waals surface area contributed by atoms with Crippen LogP contribution < -0.4 is 0 Å². The Morgan fingerprint density at radius 3 is 2.48 bits per heavy atom. The average molecular weight is 342 g/mol. The third-order valence-electron chi connectivity index (χ3n) is 6.49. The molecule has 4 aliphatic carbocycles. The number of carbonyl (C=O) groups is 2. The second-order valence-electron chi connectivity index (χ2n) is 8.78. The summed E-state index contributed by atoms with van der Waals surface area (Å²) >= 11 is 0. The zero-order valence-electron chi connectivity index (χ0n) is 15.0. The second-order valence-corrected chi connectivity index (χ2v) is 8.78. The standard InChI is InChI=1S/C21H26O4/c1-13-3-4-14(2)17(5-13)18(22)11-25-19(23)20-7-15-6-16(8-20)10-21(24,9-15)12-20/h3-5,15-16,24H,6-12H2,1-2H3/t15-,16+,20?,21?. The van der Waals surface area contributed by atoms with E-state index in [0.717, 1.165) is 43.2 Å². The first-order valence-corrected chi connectivity index (χ1v) is 9.29. The van der Waals surface area contributed by atoms with Crippen LogP contribution in [0.2, 0.25) is 0 Å². The largest absolute Gasteiger partial charge is 0.457 e. The molecule has 0 amide bonds. The lowest BCUT2D eigenvalue weighted by Crippen LogP contribution is -2.58. The fourth-order valence-electron chi connectivity index (χ4n) is 5.85. The first-order chi connectivity index (χ1) is 11.8. The van der Waals surface area contributed by atoms with E-state index in [1.54, 1.807) is 0 Å². The van der Waals surface area contributed by atoms with Crippen LogP contribution in [-0.4, -0.2) is 29.1 Å². The van der Waals surface area contributed by atoms with Crippen molar-refractivity contribution >= 4 is 11.8 Å². The summed E-state index contributed by atoms with van der Waals surface area (Å²) in [5.74, 6) is 0.415. The molecule has 0 saturated heterocycles. The Labute approximate surface area is 148 Å². The fourth-order valence-corrected chi connectivity index (χ4v) is 5.85. The van der Waals surface area contributed by atoms with Crippen LogP contribution in [0.25, 0.3) is 0 Å². The summed E-state index contributed by atoms with van der Waals surface area (Å²) in [6.45, 7) is 3.63. The number of benzene rings is 1. The van der Waals surface area contributed by atoms with E-state index in [0.29, 0.717) is 23.8 Å². The van der Waals surface area contributed by atoms with Crippen LogP contribution in [0.5, 0.6) is 0 Å². The summed E-state index contributed by atoms with van der Waals surface area (Å²) in [7, 11) is 0. The maximum atomic E-state index is 12.8. The zero-order valence-corrected chi connectivity index (χ0v) is 15.0. The Morgan fingerprint density at radius 2 is 1.84 bits per heavy atom. The molecule has 0 radical (unpaired) electrons. The molecule has 4 fully saturated rings. The van der Waals surface area contributed by atoms with Gasteiger partial charge in [0.05, 0.1) is 11.0 Å². The monoisotopic (exact) mass is 342 g/mol. The van der Waals surface area contributed by atoms with Crippen molar-refractivity contribution in [2.75, 3.05) is 6.61 Å². The molecule has 1 aromatic rings. The normalized spacial score (nSPS) is 35.6. The summed E-state index contributed by atoms with van der Waals surface area (Å²) in [4.78, 5) is 25.3.